The van der Waals surface area contributed by atoms with Crippen molar-refractivity contribution >= 4 is 28.4 Å². The average Bonchev–Trinajstić information content (AvgIpc) is 3.22. The molecular formula is C19H17FN6O2S. The molecule has 1 saturated heterocycles. The minimum Gasteiger partial charge on any atom is -0.335 e. The van der Waals surface area contributed by atoms with E-state index in [2.05, 4.69) is 20.5 Å². The molecule has 1 fully saturated rings. The van der Waals surface area contributed by atoms with Crippen LogP contribution in [0.15, 0.2) is 48.8 Å². The summed E-state index contributed by atoms with van der Waals surface area (Å²) in [7, 11) is 0. The molecule has 0 saturated carbocycles. The first-order chi connectivity index (χ1) is 14.1. The topological polar surface area (TPSA) is 91.3 Å². The van der Waals surface area contributed by atoms with Gasteiger partial charge in [-0.25, -0.2) is 9.18 Å². The highest BCUT2D eigenvalue weighted by molar-refractivity contribution is 7.18. The molecule has 0 spiro atoms. The standard InChI is InChI=1S/C19H17FN6O2S/c20-15-3-1-2-14(12-15)17(27)25-8-10-26(11-9-25)19(28)22-18-24-23-16(29-18)13-4-6-21-7-5-13/h1-7,12H,8-11H2,(H,22,24,28). The monoisotopic (exact) mass is 412 g/mol. The number of amides is 3. The first-order valence-electron chi connectivity index (χ1n) is 8.95. The molecule has 148 valence electrons. The summed E-state index contributed by atoms with van der Waals surface area (Å²) in [5.74, 6) is -0.687. The lowest BCUT2D eigenvalue weighted by molar-refractivity contribution is 0.0671. The minimum atomic E-state index is -0.447. The van der Waals surface area contributed by atoms with Gasteiger partial charge in [-0.1, -0.05) is 17.4 Å². The van der Waals surface area contributed by atoms with Crippen LogP contribution < -0.4 is 5.32 Å². The molecule has 0 aliphatic carbocycles. The number of rotatable bonds is 3. The largest absolute Gasteiger partial charge is 0.335 e. The number of urea groups is 1. The van der Waals surface area contributed by atoms with Crippen LogP contribution in [-0.2, 0) is 0 Å². The van der Waals surface area contributed by atoms with Crippen molar-refractivity contribution in [3.8, 4) is 10.6 Å². The van der Waals surface area contributed by atoms with Gasteiger partial charge in [0.2, 0.25) is 5.13 Å². The van der Waals surface area contributed by atoms with Gasteiger partial charge in [0.15, 0.2) is 0 Å². The molecule has 4 rings (SSSR count). The smallest absolute Gasteiger partial charge is 0.323 e. The van der Waals surface area contributed by atoms with E-state index in [9.17, 15) is 14.0 Å². The summed E-state index contributed by atoms with van der Waals surface area (Å²) in [5.41, 5.74) is 1.18. The second-order valence-corrected chi connectivity index (χ2v) is 7.35. The highest BCUT2D eigenvalue weighted by Gasteiger charge is 2.25. The van der Waals surface area contributed by atoms with Gasteiger partial charge < -0.3 is 9.80 Å². The molecule has 8 nitrogen and oxygen atoms in total. The molecule has 1 aliphatic heterocycles. The fourth-order valence-corrected chi connectivity index (χ4v) is 3.71. The van der Waals surface area contributed by atoms with E-state index < -0.39 is 5.82 Å². The molecule has 29 heavy (non-hydrogen) atoms. The third-order valence-electron chi connectivity index (χ3n) is 4.49. The number of nitrogens with one attached hydrogen (secondary N) is 1. The number of benzene rings is 1. The quantitative estimate of drug-likeness (QED) is 0.714. The molecule has 3 aromatic rings. The van der Waals surface area contributed by atoms with Gasteiger partial charge in [-0.05, 0) is 30.3 Å². The van der Waals surface area contributed by atoms with E-state index in [1.54, 1.807) is 28.3 Å². The number of piperazine rings is 1. The molecule has 10 heteroatoms. The van der Waals surface area contributed by atoms with Crippen molar-refractivity contribution in [3.05, 3.63) is 60.2 Å². The van der Waals surface area contributed by atoms with Crippen LogP contribution >= 0.6 is 11.3 Å². The summed E-state index contributed by atoms with van der Waals surface area (Å²) in [4.78, 5) is 32.2. The Labute approximate surface area is 170 Å². The third kappa shape index (κ3) is 4.37. The first-order valence-corrected chi connectivity index (χ1v) is 9.76. The number of pyridine rings is 1. The second-order valence-electron chi connectivity index (χ2n) is 6.37. The Bertz CT molecular complexity index is 1020. The predicted molar refractivity (Wildman–Crippen MR) is 106 cm³/mol. The van der Waals surface area contributed by atoms with Crippen LogP contribution in [0.4, 0.5) is 14.3 Å². The summed E-state index contributed by atoms with van der Waals surface area (Å²) in [6.45, 7) is 1.51. The molecule has 0 atom stereocenters. The Kier molecular flexibility index (Phi) is 5.43. The zero-order valence-electron chi connectivity index (χ0n) is 15.3. The summed E-state index contributed by atoms with van der Waals surface area (Å²) < 4.78 is 13.3. The molecule has 0 radical (unpaired) electrons. The molecular weight excluding hydrogens is 395 g/mol. The lowest BCUT2D eigenvalue weighted by Crippen LogP contribution is -2.51. The maximum Gasteiger partial charge on any atom is 0.323 e. The number of hydrogen-bond donors (Lipinski definition) is 1. The highest BCUT2D eigenvalue weighted by atomic mass is 32.1. The van der Waals surface area contributed by atoms with Crippen LogP contribution in [0.25, 0.3) is 10.6 Å². The van der Waals surface area contributed by atoms with E-state index in [1.807, 2.05) is 12.1 Å². The Hall–Kier alpha value is -3.40. The molecule has 1 aliphatic rings. The van der Waals surface area contributed by atoms with Crippen molar-refractivity contribution in [2.24, 2.45) is 0 Å². The first kappa shape index (κ1) is 18.9. The van der Waals surface area contributed by atoms with Gasteiger partial charge in [-0.2, -0.15) is 0 Å². The lowest BCUT2D eigenvalue weighted by Gasteiger charge is -2.34. The average molecular weight is 412 g/mol. The number of aromatic nitrogens is 3. The summed E-state index contributed by atoms with van der Waals surface area (Å²) >= 11 is 1.27. The van der Waals surface area contributed by atoms with Crippen molar-refractivity contribution in [1.82, 2.24) is 25.0 Å². The maximum atomic E-state index is 13.3. The number of nitrogens with zero attached hydrogens (tertiary/aromatic N) is 5. The van der Waals surface area contributed by atoms with Gasteiger partial charge in [0.1, 0.15) is 10.8 Å². The normalized spacial score (nSPS) is 14.0. The second kappa shape index (κ2) is 8.31. The number of halogens is 1. The zero-order valence-corrected chi connectivity index (χ0v) is 16.1. The number of hydrogen-bond acceptors (Lipinski definition) is 6. The maximum absolute atomic E-state index is 13.3. The van der Waals surface area contributed by atoms with Gasteiger partial charge in [0, 0.05) is 49.7 Å². The highest BCUT2D eigenvalue weighted by Crippen LogP contribution is 2.25. The van der Waals surface area contributed by atoms with Crippen molar-refractivity contribution in [2.75, 3.05) is 31.5 Å². The van der Waals surface area contributed by atoms with E-state index in [1.165, 1.54) is 29.5 Å². The Balaban J connectivity index is 1.32. The van der Waals surface area contributed by atoms with Gasteiger partial charge in [-0.15, -0.1) is 10.2 Å². The fourth-order valence-electron chi connectivity index (χ4n) is 2.97. The van der Waals surface area contributed by atoms with Gasteiger partial charge in [0.05, 0.1) is 0 Å². The third-order valence-corrected chi connectivity index (χ3v) is 5.38. The van der Waals surface area contributed by atoms with E-state index >= 15 is 0 Å². The van der Waals surface area contributed by atoms with E-state index in [0.29, 0.717) is 41.9 Å². The van der Waals surface area contributed by atoms with Crippen LogP contribution in [0, 0.1) is 5.82 Å². The molecule has 3 amide bonds. The summed E-state index contributed by atoms with van der Waals surface area (Å²) in [5, 5.41) is 11.9. The molecule has 1 N–H and O–H groups in total. The van der Waals surface area contributed by atoms with Gasteiger partial charge in [-0.3, -0.25) is 15.1 Å². The van der Waals surface area contributed by atoms with E-state index in [0.717, 1.165) is 5.56 Å². The van der Waals surface area contributed by atoms with Crippen LogP contribution in [0.3, 0.4) is 0 Å². The van der Waals surface area contributed by atoms with Crippen molar-refractivity contribution in [2.45, 2.75) is 0 Å². The molecule has 3 heterocycles. The Morgan fingerprint density at radius 1 is 1.00 bits per heavy atom. The summed E-state index contributed by atoms with van der Waals surface area (Å²) in [6, 6.07) is 8.96. The van der Waals surface area contributed by atoms with Gasteiger partial charge >= 0.3 is 6.03 Å². The molecule has 0 unspecified atom stereocenters. The molecule has 2 aromatic heterocycles. The van der Waals surface area contributed by atoms with Crippen LogP contribution in [0.5, 0.6) is 0 Å². The number of carbonyl (C=O) groups is 2. The minimum absolute atomic E-state index is 0.240. The van der Waals surface area contributed by atoms with E-state index in [-0.39, 0.29) is 11.9 Å². The van der Waals surface area contributed by atoms with Crippen molar-refractivity contribution < 1.29 is 14.0 Å². The lowest BCUT2D eigenvalue weighted by atomic mass is 10.2. The Morgan fingerprint density at radius 2 is 1.72 bits per heavy atom. The van der Waals surface area contributed by atoms with Crippen LogP contribution in [0.1, 0.15) is 10.4 Å². The zero-order chi connectivity index (χ0) is 20.2. The van der Waals surface area contributed by atoms with Crippen molar-refractivity contribution in [1.29, 1.82) is 0 Å². The van der Waals surface area contributed by atoms with Gasteiger partial charge in [0.25, 0.3) is 5.91 Å². The fraction of sp³-hybridized carbons (Fsp3) is 0.211. The Morgan fingerprint density at radius 3 is 2.45 bits per heavy atom. The van der Waals surface area contributed by atoms with Crippen molar-refractivity contribution in [3.63, 3.8) is 0 Å². The SMILES string of the molecule is O=C(Nc1nnc(-c2ccncc2)s1)N1CCN(C(=O)c2cccc(F)c2)CC1. The summed E-state index contributed by atoms with van der Waals surface area (Å²) in [6.07, 6.45) is 3.33. The van der Waals surface area contributed by atoms with E-state index in [4.69, 9.17) is 0 Å². The van der Waals surface area contributed by atoms with Crippen LogP contribution in [0.2, 0.25) is 0 Å². The van der Waals surface area contributed by atoms with Crippen LogP contribution in [-0.4, -0.2) is 63.1 Å². The predicted octanol–water partition coefficient (Wildman–Crippen LogP) is 2.73. The number of carbonyl (C=O) groups excluding carboxylic acids is 2. The number of anilines is 1. The molecule has 0 bridgehead atoms. The molecule has 1 aromatic carbocycles.